The summed E-state index contributed by atoms with van der Waals surface area (Å²) in [7, 11) is 3.98. The fourth-order valence-corrected chi connectivity index (χ4v) is 0.832. The van der Waals surface area contributed by atoms with E-state index in [1.807, 2.05) is 19.0 Å². The zero-order valence-electron chi connectivity index (χ0n) is 7.77. The number of hydrogen-bond donors (Lipinski definition) is 1. The Morgan fingerprint density at radius 2 is 2.15 bits per heavy atom. The molecule has 0 fully saturated rings. The van der Waals surface area contributed by atoms with Gasteiger partial charge in [0.1, 0.15) is 11.6 Å². The number of likely N-dealkylation sites (N-methyl/N-ethyl adjacent to an activating group) is 1. The van der Waals surface area contributed by atoms with E-state index in [1.54, 1.807) is 12.4 Å². The number of hydrogen-bond acceptors (Lipinski definition) is 5. The molecule has 0 saturated carbocycles. The molecule has 0 radical (unpaired) electrons. The van der Waals surface area contributed by atoms with Gasteiger partial charge in [0.25, 0.3) is 0 Å². The molecule has 0 unspecified atom stereocenters. The molecule has 1 aromatic heterocycles. The molecule has 1 heterocycles. The number of ether oxygens (including phenoxy) is 1. The van der Waals surface area contributed by atoms with E-state index in [0.29, 0.717) is 17.5 Å². The molecule has 0 amide bonds. The summed E-state index contributed by atoms with van der Waals surface area (Å²) in [6, 6.07) is 0. The molecule has 0 aliphatic heterocycles. The monoisotopic (exact) mass is 199 g/mol. The van der Waals surface area contributed by atoms with Crippen molar-refractivity contribution in [2.24, 2.45) is 0 Å². The Balaban J connectivity index is 2.33. The average Bonchev–Trinajstić information content (AvgIpc) is 2.08. The van der Waals surface area contributed by atoms with Crippen LogP contribution < -0.4 is 4.74 Å². The third-order valence-corrected chi connectivity index (χ3v) is 1.63. The minimum absolute atomic E-state index is 0.541. The first kappa shape index (κ1) is 10.3. The fraction of sp³-hybridized carbons (Fsp3) is 0.500. The lowest BCUT2D eigenvalue weighted by molar-refractivity contribution is 0.252. The van der Waals surface area contributed by atoms with Gasteiger partial charge >= 0.3 is 0 Å². The van der Waals surface area contributed by atoms with Crippen molar-refractivity contribution >= 4 is 12.6 Å². The van der Waals surface area contributed by atoms with E-state index in [9.17, 15) is 0 Å². The van der Waals surface area contributed by atoms with Gasteiger partial charge < -0.3 is 9.64 Å². The second-order valence-corrected chi connectivity index (χ2v) is 3.32. The van der Waals surface area contributed by atoms with Crippen molar-refractivity contribution in [1.82, 2.24) is 14.9 Å². The largest absolute Gasteiger partial charge is 0.475 e. The maximum atomic E-state index is 5.32. The zero-order chi connectivity index (χ0) is 9.68. The number of rotatable bonds is 4. The predicted molar refractivity (Wildman–Crippen MR) is 53.3 cm³/mol. The van der Waals surface area contributed by atoms with Gasteiger partial charge in [0, 0.05) is 6.54 Å². The molecule has 0 N–H and O–H groups in total. The molecule has 0 aliphatic rings. The molecular formula is C8H13N3OS. The highest BCUT2D eigenvalue weighted by Gasteiger charge is 1.96. The first-order chi connectivity index (χ1) is 6.18. The van der Waals surface area contributed by atoms with Crippen LogP contribution in [0.15, 0.2) is 17.4 Å². The zero-order valence-corrected chi connectivity index (χ0v) is 8.66. The maximum Gasteiger partial charge on any atom is 0.232 e. The molecule has 0 atom stereocenters. The van der Waals surface area contributed by atoms with Crippen molar-refractivity contribution in [3.8, 4) is 5.88 Å². The minimum atomic E-state index is 0.541. The molecule has 1 aromatic rings. The summed E-state index contributed by atoms with van der Waals surface area (Å²) >= 11 is 4.02. The van der Waals surface area contributed by atoms with Crippen LogP contribution in [0.3, 0.4) is 0 Å². The lowest BCUT2D eigenvalue weighted by atomic mass is 10.6. The highest BCUT2D eigenvalue weighted by molar-refractivity contribution is 7.80. The minimum Gasteiger partial charge on any atom is -0.475 e. The summed E-state index contributed by atoms with van der Waals surface area (Å²) in [5.41, 5.74) is 0. The van der Waals surface area contributed by atoms with Crippen LogP contribution in [0.5, 0.6) is 5.88 Å². The average molecular weight is 199 g/mol. The molecule has 1 rings (SSSR count). The molecule has 72 valence electrons. The van der Waals surface area contributed by atoms with Crippen molar-refractivity contribution in [2.75, 3.05) is 27.2 Å². The van der Waals surface area contributed by atoms with Gasteiger partial charge in [-0.3, -0.25) is 0 Å². The Hall–Kier alpha value is -0.810. The molecular weight excluding hydrogens is 186 g/mol. The number of aromatic nitrogens is 2. The van der Waals surface area contributed by atoms with Crippen LogP contribution in [0.25, 0.3) is 0 Å². The molecule has 0 aliphatic carbocycles. The van der Waals surface area contributed by atoms with Crippen molar-refractivity contribution in [1.29, 1.82) is 0 Å². The third-order valence-electron chi connectivity index (χ3n) is 1.40. The number of thiol groups is 1. The SMILES string of the molecule is CN(C)CCOc1cnc(S)cn1. The summed E-state index contributed by atoms with van der Waals surface area (Å²) < 4.78 is 5.32. The van der Waals surface area contributed by atoms with Gasteiger partial charge in [-0.2, -0.15) is 0 Å². The summed E-state index contributed by atoms with van der Waals surface area (Å²) in [6.45, 7) is 1.48. The van der Waals surface area contributed by atoms with E-state index in [2.05, 4.69) is 22.6 Å². The molecule has 4 nitrogen and oxygen atoms in total. The van der Waals surface area contributed by atoms with Crippen LogP contribution in [0.4, 0.5) is 0 Å². The van der Waals surface area contributed by atoms with Gasteiger partial charge in [0.2, 0.25) is 5.88 Å². The Kier molecular flexibility index (Phi) is 3.98. The summed E-state index contributed by atoms with van der Waals surface area (Å²) in [5, 5.41) is 0.597. The first-order valence-electron chi connectivity index (χ1n) is 3.97. The Labute approximate surface area is 83.4 Å². The Bertz CT molecular complexity index is 250. The smallest absolute Gasteiger partial charge is 0.232 e. The van der Waals surface area contributed by atoms with Gasteiger partial charge in [0.15, 0.2) is 0 Å². The highest BCUT2D eigenvalue weighted by Crippen LogP contribution is 2.05. The second-order valence-electron chi connectivity index (χ2n) is 2.86. The quantitative estimate of drug-likeness (QED) is 0.725. The van der Waals surface area contributed by atoms with Crippen LogP contribution in [0.2, 0.25) is 0 Å². The van der Waals surface area contributed by atoms with E-state index >= 15 is 0 Å². The fourth-order valence-electron chi connectivity index (χ4n) is 0.717. The summed E-state index contributed by atoms with van der Waals surface area (Å²) in [6.07, 6.45) is 3.13. The molecule has 5 heteroatoms. The molecule has 0 spiro atoms. The van der Waals surface area contributed by atoms with E-state index < -0.39 is 0 Å². The molecule has 0 saturated heterocycles. The number of nitrogens with zero attached hydrogens (tertiary/aromatic N) is 3. The van der Waals surface area contributed by atoms with Crippen LogP contribution in [0.1, 0.15) is 0 Å². The van der Waals surface area contributed by atoms with Crippen molar-refractivity contribution < 1.29 is 4.74 Å². The summed E-state index contributed by atoms with van der Waals surface area (Å²) in [5.74, 6) is 0.541. The lowest BCUT2D eigenvalue weighted by Crippen LogP contribution is -2.19. The Morgan fingerprint density at radius 3 is 2.69 bits per heavy atom. The van der Waals surface area contributed by atoms with Crippen molar-refractivity contribution in [2.45, 2.75) is 5.03 Å². The topological polar surface area (TPSA) is 38.2 Å². The predicted octanol–water partition coefficient (Wildman–Crippen LogP) is 0.706. The van der Waals surface area contributed by atoms with Gasteiger partial charge in [-0.05, 0) is 14.1 Å². The van der Waals surface area contributed by atoms with E-state index in [1.165, 1.54) is 0 Å². The Morgan fingerprint density at radius 1 is 1.38 bits per heavy atom. The second kappa shape index (κ2) is 5.04. The van der Waals surface area contributed by atoms with Crippen LogP contribution in [-0.2, 0) is 0 Å². The van der Waals surface area contributed by atoms with Crippen molar-refractivity contribution in [3.05, 3.63) is 12.4 Å². The molecule has 0 bridgehead atoms. The van der Waals surface area contributed by atoms with Crippen LogP contribution >= 0.6 is 12.6 Å². The first-order valence-corrected chi connectivity index (χ1v) is 4.42. The van der Waals surface area contributed by atoms with Crippen LogP contribution in [0, 0.1) is 0 Å². The van der Waals surface area contributed by atoms with Gasteiger partial charge in [-0.1, -0.05) is 0 Å². The van der Waals surface area contributed by atoms with E-state index in [-0.39, 0.29) is 0 Å². The van der Waals surface area contributed by atoms with E-state index in [0.717, 1.165) is 6.54 Å². The highest BCUT2D eigenvalue weighted by atomic mass is 32.1. The van der Waals surface area contributed by atoms with Gasteiger partial charge in [0.05, 0.1) is 12.4 Å². The van der Waals surface area contributed by atoms with Crippen LogP contribution in [-0.4, -0.2) is 42.1 Å². The lowest BCUT2D eigenvalue weighted by Gasteiger charge is -2.09. The maximum absolute atomic E-state index is 5.32. The van der Waals surface area contributed by atoms with Gasteiger partial charge in [-0.25, -0.2) is 9.97 Å². The normalized spacial score (nSPS) is 10.5. The van der Waals surface area contributed by atoms with Crippen molar-refractivity contribution in [3.63, 3.8) is 0 Å². The van der Waals surface area contributed by atoms with E-state index in [4.69, 9.17) is 4.74 Å². The molecule has 0 aromatic carbocycles. The standard InChI is InChI=1S/C8H13N3OS/c1-11(2)3-4-12-7-5-10-8(13)6-9-7/h5-6H,3-4H2,1-2H3,(H,10,13). The van der Waals surface area contributed by atoms with Gasteiger partial charge in [-0.15, -0.1) is 12.6 Å². The summed E-state index contributed by atoms with van der Waals surface area (Å²) in [4.78, 5) is 9.98. The third kappa shape index (κ3) is 4.10. The molecule has 13 heavy (non-hydrogen) atoms.